The third-order valence-corrected chi connectivity index (χ3v) is 3.65. The quantitative estimate of drug-likeness (QED) is 0.828. The van der Waals surface area contributed by atoms with E-state index in [0.29, 0.717) is 16.3 Å². The Morgan fingerprint density at radius 2 is 2.18 bits per heavy atom. The maximum absolute atomic E-state index is 11.1. The van der Waals surface area contributed by atoms with Crippen molar-refractivity contribution >= 4 is 42.4 Å². The van der Waals surface area contributed by atoms with Gasteiger partial charge in [-0.2, -0.15) is 0 Å². The summed E-state index contributed by atoms with van der Waals surface area (Å²) in [5.41, 5.74) is 1.20. The number of nitrogens with zero attached hydrogens (tertiary/aromatic N) is 2. The van der Waals surface area contributed by atoms with Crippen molar-refractivity contribution in [1.29, 1.82) is 0 Å². The summed E-state index contributed by atoms with van der Waals surface area (Å²) in [4.78, 5) is 4.17. The van der Waals surface area contributed by atoms with Gasteiger partial charge in [-0.1, -0.05) is 11.3 Å². The predicted octanol–water partition coefficient (Wildman–Crippen LogP) is 1.49. The highest BCUT2D eigenvalue weighted by atomic mass is 32.2. The highest BCUT2D eigenvalue weighted by Crippen LogP contribution is 2.29. The maximum atomic E-state index is 11.1. The molecule has 0 bridgehead atoms. The molecule has 0 fully saturated rings. The van der Waals surface area contributed by atoms with Gasteiger partial charge in [0, 0.05) is 7.05 Å². The van der Waals surface area contributed by atoms with Gasteiger partial charge in [-0.05, 0) is 18.2 Å². The van der Waals surface area contributed by atoms with Gasteiger partial charge < -0.3 is 0 Å². The zero-order valence-electron chi connectivity index (χ0n) is 9.21. The van der Waals surface area contributed by atoms with Gasteiger partial charge >= 0.3 is 0 Å². The minimum absolute atomic E-state index is 0.455. The van der Waals surface area contributed by atoms with Crippen LogP contribution in [0.4, 0.5) is 10.8 Å². The van der Waals surface area contributed by atoms with Gasteiger partial charge in [0.25, 0.3) is 0 Å². The lowest BCUT2D eigenvalue weighted by Crippen LogP contribution is -2.09. The number of sulfonamides is 1. The zero-order valence-corrected chi connectivity index (χ0v) is 10.8. The molecule has 1 aromatic carbocycles. The third kappa shape index (κ3) is 2.84. The molecule has 0 atom stereocenters. The fourth-order valence-electron chi connectivity index (χ4n) is 1.33. The normalized spacial score (nSPS) is 11.7. The van der Waals surface area contributed by atoms with Crippen molar-refractivity contribution in [2.45, 2.75) is 0 Å². The Labute approximate surface area is 103 Å². The summed E-state index contributed by atoms with van der Waals surface area (Å²) in [6, 6.07) is 5.01. The molecule has 2 N–H and O–H groups in total. The van der Waals surface area contributed by atoms with E-state index in [2.05, 4.69) is 9.71 Å². The van der Waals surface area contributed by atoms with Crippen LogP contribution in [0.5, 0.6) is 0 Å². The van der Waals surface area contributed by atoms with E-state index in [9.17, 15) is 13.6 Å². The average Bonchev–Trinajstić information content (AvgIpc) is 2.57. The first kappa shape index (κ1) is 12.1. The van der Waals surface area contributed by atoms with Gasteiger partial charge in [-0.15, -0.1) is 0 Å². The standard InChI is InChI=1S/C9H11N3O3S2/c1-12(13)9-10-7-4-3-6(5-8(7)16-9)11-17(2,14)15/h3-5,11,13H,1-2H3. The van der Waals surface area contributed by atoms with Crippen LogP contribution >= 0.6 is 11.3 Å². The molecule has 0 spiro atoms. The lowest BCUT2D eigenvalue weighted by molar-refractivity contribution is 0.279. The van der Waals surface area contributed by atoms with Gasteiger partial charge in [0.15, 0.2) is 0 Å². The predicted molar refractivity (Wildman–Crippen MR) is 68.3 cm³/mol. The largest absolute Gasteiger partial charge is 0.287 e. The first-order valence-electron chi connectivity index (χ1n) is 4.66. The summed E-state index contributed by atoms with van der Waals surface area (Å²) in [5, 5.41) is 10.6. The number of hydroxylamine groups is 1. The van der Waals surface area contributed by atoms with E-state index in [0.717, 1.165) is 16.0 Å². The van der Waals surface area contributed by atoms with Crippen LogP contribution in [0.3, 0.4) is 0 Å². The second-order valence-corrected chi connectivity index (χ2v) is 6.33. The van der Waals surface area contributed by atoms with Crippen LogP contribution in [0.25, 0.3) is 10.2 Å². The van der Waals surface area contributed by atoms with Crippen molar-refractivity contribution in [3.63, 3.8) is 0 Å². The van der Waals surface area contributed by atoms with E-state index >= 15 is 0 Å². The summed E-state index contributed by atoms with van der Waals surface area (Å²) in [6.45, 7) is 0. The van der Waals surface area contributed by atoms with Crippen LogP contribution in [-0.4, -0.2) is 31.9 Å². The number of rotatable bonds is 3. The SMILES string of the molecule is CN(O)c1nc2ccc(NS(C)(=O)=O)cc2s1. The Bertz CT molecular complexity index is 649. The average molecular weight is 273 g/mol. The highest BCUT2D eigenvalue weighted by molar-refractivity contribution is 7.92. The van der Waals surface area contributed by atoms with Crippen molar-refractivity contribution in [3.05, 3.63) is 18.2 Å². The second kappa shape index (κ2) is 4.13. The van der Waals surface area contributed by atoms with Gasteiger partial charge in [0.2, 0.25) is 15.2 Å². The fourth-order valence-corrected chi connectivity index (χ4v) is 2.76. The van der Waals surface area contributed by atoms with Crippen molar-refractivity contribution < 1.29 is 13.6 Å². The number of aromatic nitrogens is 1. The molecule has 0 unspecified atom stereocenters. The van der Waals surface area contributed by atoms with E-state index in [-0.39, 0.29) is 0 Å². The van der Waals surface area contributed by atoms with Crippen LogP contribution in [0.2, 0.25) is 0 Å². The van der Waals surface area contributed by atoms with Crippen LogP contribution in [0, 0.1) is 0 Å². The molecule has 0 amide bonds. The molecule has 6 nitrogen and oxygen atoms in total. The van der Waals surface area contributed by atoms with E-state index < -0.39 is 10.0 Å². The van der Waals surface area contributed by atoms with Crippen LogP contribution < -0.4 is 9.79 Å². The Hall–Kier alpha value is -1.38. The Kier molecular flexibility index (Phi) is 2.94. The molecular formula is C9H11N3O3S2. The van der Waals surface area contributed by atoms with Crippen LogP contribution in [0.1, 0.15) is 0 Å². The smallest absolute Gasteiger partial charge is 0.229 e. The third-order valence-electron chi connectivity index (χ3n) is 1.96. The molecule has 1 heterocycles. The monoisotopic (exact) mass is 273 g/mol. The maximum Gasteiger partial charge on any atom is 0.229 e. The summed E-state index contributed by atoms with van der Waals surface area (Å²) < 4.78 is 25.3. The number of hydrogen-bond donors (Lipinski definition) is 2. The zero-order chi connectivity index (χ0) is 12.6. The summed E-state index contributed by atoms with van der Waals surface area (Å²) in [5.74, 6) is 0. The van der Waals surface area contributed by atoms with Gasteiger partial charge in [0.05, 0.1) is 22.2 Å². The molecular weight excluding hydrogens is 262 g/mol. The molecule has 92 valence electrons. The number of anilines is 2. The summed E-state index contributed by atoms with van der Waals surface area (Å²) in [6.07, 6.45) is 1.09. The first-order chi connectivity index (χ1) is 7.85. The molecule has 0 saturated heterocycles. The van der Waals surface area contributed by atoms with Gasteiger partial charge in [-0.25, -0.2) is 18.5 Å². The number of hydrogen-bond acceptors (Lipinski definition) is 6. The van der Waals surface area contributed by atoms with E-state index in [1.165, 1.54) is 18.4 Å². The lowest BCUT2D eigenvalue weighted by atomic mass is 10.3. The molecule has 0 radical (unpaired) electrons. The molecule has 1 aromatic heterocycles. The van der Waals surface area contributed by atoms with Crippen LogP contribution in [0.15, 0.2) is 18.2 Å². The van der Waals surface area contributed by atoms with E-state index in [1.807, 2.05) is 0 Å². The number of nitrogens with one attached hydrogen (secondary N) is 1. The molecule has 17 heavy (non-hydrogen) atoms. The molecule has 0 aliphatic heterocycles. The first-order valence-corrected chi connectivity index (χ1v) is 7.37. The summed E-state index contributed by atoms with van der Waals surface area (Å²) >= 11 is 1.28. The van der Waals surface area contributed by atoms with Crippen molar-refractivity contribution in [2.75, 3.05) is 23.1 Å². The highest BCUT2D eigenvalue weighted by Gasteiger charge is 2.08. The molecule has 8 heteroatoms. The second-order valence-electron chi connectivity index (χ2n) is 3.58. The van der Waals surface area contributed by atoms with E-state index in [1.54, 1.807) is 18.2 Å². The number of benzene rings is 1. The summed E-state index contributed by atoms with van der Waals surface area (Å²) in [7, 11) is -1.80. The van der Waals surface area contributed by atoms with Gasteiger partial charge in [0.1, 0.15) is 0 Å². The minimum Gasteiger partial charge on any atom is -0.287 e. The molecule has 2 rings (SSSR count). The Morgan fingerprint density at radius 3 is 2.76 bits per heavy atom. The number of thiazole rings is 1. The minimum atomic E-state index is -3.28. The fraction of sp³-hybridized carbons (Fsp3) is 0.222. The topological polar surface area (TPSA) is 82.5 Å². The van der Waals surface area contributed by atoms with Crippen molar-refractivity contribution in [1.82, 2.24) is 4.98 Å². The molecule has 0 aliphatic rings. The van der Waals surface area contributed by atoms with Crippen molar-refractivity contribution in [2.24, 2.45) is 0 Å². The molecule has 0 aliphatic carbocycles. The van der Waals surface area contributed by atoms with Crippen LogP contribution in [-0.2, 0) is 10.0 Å². The molecule has 2 aromatic rings. The molecule has 0 saturated carbocycles. The Morgan fingerprint density at radius 1 is 1.47 bits per heavy atom. The van der Waals surface area contributed by atoms with Crippen molar-refractivity contribution in [3.8, 4) is 0 Å². The van der Waals surface area contributed by atoms with Gasteiger partial charge in [-0.3, -0.25) is 9.93 Å². The van der Waals surface area contributed by atoms with E-state index in [4.69, 9.17) is 0 Å². The number of fused-ring (bicyclic) bond motifs is 1. The lowest BCUT2D eigenvalue weighted by Gasteiger charge is -2.02. The Balaban J connectivity index is 2.43.